The van der Waals surface area contributed by atoms with Gasteiger partial charge in [0.25, 0.3) is 5.91 Å². The highest BCUT2D eigenvalue weighted by atomic mass is 16.5. The summed E-state index contributed by atoms with van der Waals surface area (Å²) in [6, 6.07) is 6.01. The lowest BCUT2D eigenvalue weighted by molar-refractivity contribution is -0.123. The molecule has 0 fully saturated rings. The molecule has 1 atom stereocenters. The number of carbonyl (C=O) groups is 3. The van der Waals surface area contributed by atoms with Crippen LogP contribution in [0.2, 0.25) is 0 Å². The van der Waals surface area contributed by atoms with Gasteiger partial charge in [-0.1, -0.05) is 0 Å². The maximum atomic E-state index is 12.0. The predicted octanol–water partition coefficient (Wildman–Crippen LogP) is 0.759. The highest BCUT2D eigenvalue weighted by molar-refractivity contribution is 5.97. The van der Waals surface area contributed by atoms with Crippen LogP contribution >= 0.6 is 0 Å². The number of anilines is 1. The fraction of sp³-hybridized carbons (Fsp3) is 0.133. The van der Waals surface area contributed by atoms with Crippen LogP contribution in [-0.2, 0) is 9.53 Å². The molecule has 8 heteroatoms. The monoisotopic (exact) mass is 314 g/mol. The number of nitrogens with one attached hydrogen (secondary N) is 1. The van der Waals surface area contributed by atoms with Crippen LogP contribution in [0, 0.1) is 0 Å². The fourth-order valence-electron chi connectivity index (χ4n) is 1.64. The van der Waals surface area contributed by atoms with E-state index in [1.807, 2.05) is 0 Å². The van der Waals surface area contributed by atoms with Crippen molar-refractivity contribution in [1.29, 1.82) is 0 Å². The van der Waals surface area contributed by atoms with Crippen LogP contribution in [0.15, 0.2) is 42.9 Å². The molecule has 0 radical (unpaired) electrons. The van der Waals surface area contributed by atoms with E-state index >= 15 is 0 Å². The molecule has 1 heterocycles. The van der Waals surface area contributed by atoms with Gasteiger partial charge < -0.3 is 15.8 Å². The molecule has 0 saturated carbocycles. The van der Waals surface area contributed by atoms with Gasteiger partial charge in [0, 0.05) is 23.6 Å². The number of nitrogens with two attached hydrogens (primary N) is 1. The standard InChI is InChI=1S/C15H14N4O4/c1-9(23-15(22)12-8-17-6-7-18-12)14(21)19-11-4-2-10(3-5-11)13(16)20/h2-9H,1H3,(H2,16,20)(H,19,21)/t9-/m0/s1. The predicted molar refractivity (Wildman–Crippen MR) is 80.5 cm³/mol. The van der Waals surface area contributed by atoms with Gasteiger partial charge in [-0.3, -0.25) is 14.6 Å². The summed E-state index contributed by atoms with van der Waals surface area (Å²) in [4.78, 5) is 42.3. The number of hydrogen-bond acceptors (Lipinski definition) is 6. The first-order valence-electron chi connectivity index (χ1n) is 6.65. The molecule has 23 heavy (non-hydrogen) atoms. The third kappa shape index (κ3) is 4.34. The molecule has 2 rings (SSSR count). The number of rotatable bonds is 5. The SMILES string of the molecule is C[C@H](OC(=O)c1cnccn1)C(=O)Nc1ccc(C(N)=O)cc1. The van der Waals surface area contributed by atoms with Crippen LogP contribution in [0.25, 0.3) is 0 Å². The molecule has 0 aliphatic carbocycles. The summed E-state index contributed by atoms with van der Waals surface area (Å²) in [5.41, 5.74) is 5.91. The Kier molecular flexibility index (Phi) is 4.98. The number of amides is 2. The van der Waals surface area contributed by atoms with Crippen molar-refractivity contribution in [2.24, 2.45) is 5.73 Å². The van der Waals surface area contributed by atoms with Gasteiger partial charge >= 0.3 is 5.97 Å². The minimum atomic E-state index is -1.03. The molecule has 3 N–H and O–H groups in total. The second-order valence-electron chi connectivity index (χ2n) is 4.57. The molecule has 8 nitrogen and oxygen atoms in total. The summed E-state index contributed by atoms with van der Waals surface area (Å²) in [5.74, 6) is -1.83. The Bertz CT molecular complexity index is 716. The van der Waals surface area contributed by atoms with E-state index in [1.54, 1.807) is 0 Å². The van der Waals surface area contributed by atoms with Crippen LogP contribution in [0.5, 0.6) is 0 Å². The molecule has 118 valence electrons. The van der Waals surface area contributed by atoms with Gasteiger partial charge in [0.1, 0.15) is 0 Å². The van der Waals surface area contributed by atoms with Crippen LogP contribution in [0.3, 0.4) is 0 Å². The third-order valence-corrected chi connectivity index (χ3v) is 2.86. The zero-order chi connectivity index (χ0) is 16.8. The minimum Gasteiger partial charge on any atom is -0.448 e. The highest BCUT2D eigenvalue weighted by Gasteiger charge is 2.19. The number of ether oxygens (including phenoxy) is 1. The molecular weight excluding hydrogens is 300 g/mol. The molecule has 2 aromatic rings. The Hall–Kier alpha value is -3.29. The first-order valence-corrected chi connectivity index (χ1v) is 6.65. The van der Waals surface area contributed by atoms with Crippen molar-refractivity contribution < 1.29 is 19.1 Å². The summed E-state index contributed by atoms with van der Waals surface area (Å²) >= 11 is 0. The van der Waals surface area contributed by atoms with Crippen molar-refractivity contribution in [2.75, 3.05) is 5.32 Å². The van der Waals surface area contributed by atoms with Gasteiger partial charge in [0.05, 0.1) is 6.20 Å². The lowest BCUT2D eigenvalue weighted by Gasteiger charge is -2.13. The lowest BCUT2D eigenvalue weighted by atomic mass is 10.2. The molecule has 0 aliphatic heterocycles. The van der Waals surface area contributed by atoms with Crippen LogP contribution in [0.1, 0.15) is 27.8 Å². The van der Waals surface area contributed by atoms with E-state index in [4.69, 9.17) is 10.5 Å². The van der Waals surface area contributed by atoms with Gasteiger partial charge in [-0.15, -0.1) is 0 Å². The Morgan fingerprint density at radius 2 is 1.87 bits per heavy atom. The minimum absolute atomic E-state index is 0.0120. The number of nitrogens with zero attached hydrogens (tertiary/aromatic N) is 2. The smallest absolute Gasteiger partial charge is 0.359 e. The molecule has 0 unspecified atom stereocenters. The average molecular weight is 314 g/mol. The summed E-state index contributed by atoms with van der Waals surface area (Å²) in [6.07, 6.45) is 2.99. The number of carbonyl (C=O) groups excluding carboxylic acids is 3. The number of hydrogen-bond donors (Lipinski definition) is 2. The first kappa shape index (κ1) is 16.1. The Morgan fingerprint density at radius 3 is 2.43 bits per heavy atom. The van der Waals surface area contributed by atoms with Crippen molar-refractivity contribution in [3.63, 3.8) is 0 Å². The second-order valence-corrected chi connectivity index (χ2v) is 4.57. The Labute approximate surface area is 131 Å². The molecule has 1 aromatic carbocycles. The van der Waals surface area contributed by atoms with E-state index in [2.05, 4.69) is 15.3 Å². The number of aromatic nitrogens is 2. The number of primary amides is 1. The zero-order valence-electron chi connectivity index (χ0n) is 12.2. The van der Waals surface area contributed by atoms with E-state index in [0.29, 0.717) is 11.3 Å². The summed E-state index contributed by atoms with van der Waals surface area (Å²) in [6.45, 7) is 1.43. The lowest BCUT2D eigenvalue weighted by Crippen LogP contribution is -2.30. The summed E-state index contributed by atoms with van der Waals surface area (Å²) in [5, 5.41) is 2.56. The molecule has 2 amide bonds. The molecular formula is C15H14N4O4. The first-order chi connectivity index (χ1) is 11.0. The average Bonchev–Trinajstić information content (AvgIpc) is 2.56. The summed E-state index contributed by atoms with van der Waals surface area (Å²) in [7, 11) is 0. The van der Waals surface area contributed by atoms with E-state index in [-0.39, 0.29) is 5.69 Å². The highest BCUT2D eigenvalue weighted by Crippen LogP contribution is 2.10. The van der Waals surface area contributed by atoms with Crippen molar-refractivity contribution in [1.82, 2.24) is 9.97 Å². The van der Waals surface area contributed by atoms with Crippen LogP contribution < -0.4 is 11.1 Å². The summed E-state index contributed by atoms with van der Waals surface area (Å²) < 4.78 is 5.00. The number of benzene rings is 1. The van der Waals surface area contributed by atoms with Gasteiger partial charge in [0.15, 0.2) is 11.8 Å². The Balaban J connectivity index is 1.94. The van der Waals surface area contributed by atoms with Gasteiger partial charge in [-0.05, 0) is 31.2 Å². The largest absolute Gasteiger partial charge is 0.448 e. The maximum Gasteiger partial charge on any atom is 0.359 e. The van der Waals surface area contributed by atoms with Crippen molar-refractivity contribution in [3.8, 4) is 0 Å². The third-order valence-electron chi connectivity index (χ3n) is 2.86. The van der Waals surface area contributed by atoms with Gasteiger partial charge in [-0.2, -0.15) is 0 Å². The van der Waals surface area contributed by atoms with Gasteiger partial charge in [0.2, 0.25) is 5.91 Å². The number of esters is 1. The second kappa shape index (κ2) is 7.12. The van der Waals surface area contributed by atoms with Crippen molar-refractivity contribution >= 4 is 23.5 Å². The van der Waals surface area contributed by atoms with Crippen molar-refractivity contribution in [3.05, 3.63) is 54.1 Å². The van der Waals surface area contributed by atoms with Crippen LogP contribution in [0.4, 0.5) is 5.69 Å². The molecule has 0 saturated heterocycles. The van der Waals surface area contributed by atoms with E-state index in [0.717, 1.165) is 0 Å². The molecule has 1 aromatic heterocycles. The molecule has 0 bridgehead atoms. The topological polar surface area (TPSA) is 124 Å². The zero-order valence-corrected chi connectivity index (χ0v) is 12.2. The normalized spacial score (nSPS) is 11.3. The molecule has 0 aliphatic rings. The van der Waals surface area contributed by atoms with Crippen LogP contribution in [-0.4, -0.2) is 33.9 Å². The Morgan fingerprint density at radius 1 is 1.17 bits per heavy atom. The molecule has 0 spiro atoms. The maximum absolute atomic E-state index is 12.0. The van der Waals surface area contributed by atoms with E-state index < -0.39 is 23.9 Å². The van der Waals surface area contributed by atoms with Crippen molar-refractivity contribution in [2.45, 2.75) is 13.0 Å². The van der Waals surface area contributed by atoms with Gasteiger partial charge in [-0.25, -0.2) is 9.78 Å². The fourth-order valence-corrected chi connectivity index (χ4v) is 1.64. The van der Waals surface area contributed by atoms with E-state index in [1.165, 1.54) is 49.8 Å². The van der Waals surface area contributed by atoms with E-state index in [9.17, 15) is 14.4 Å². The quantitative estimate of drug-likeness (QED) is 0.785.